The maximum Gasteiger partial charge on any atom is 0.243 e. The molecule has 1 aliphatic rings. The topological polar surface area (TPSA) is 92.5 Å². The highest BCUT2D eigenvalue weighted by Crippen LogP contribution is 2.35. The Labute approximate surface area is 182 Å². The zero-order valence-corrected chi connectivity index (χ0v) is 18.6. The molecule has 31 heavy (non-hydrogen) atoms. The largest absolute Gasteiger partial charge is 0.337 e. The van der Waals surface area contributed by atoms with Crippen molar-refractivity contribution in [1.29, 1.82) is 0 Å². The average Bonchev–Trinajstić information content (AvgIpc) is 3.15. The summed E-state index contributed by atoms with van der Waals surface area (Å²) in [6, 6.07) is 13.2. The van der Waals surface area contributed by atoms with Crippen LogP contribution in [0.5, 0.6) is 0 Å². The summed E-state index contributed by atoms with van der Waals surface area (Å²) >= 11 is 0. The number of carbonyl (C=O) groups excluding carboxylic acids is 1. The highest BCUT2D eigenvalue weighted by Gasteiger charge is 2.30. The lowest BCUT2D eigenvalue weighted by molar-refractivity contribution is -0.114. The predicted octanol–water partition coefficient (Wildman–Crippen LogP) is 3.92. The molecule has 0 saturated carbocycles. The summed E-state index contributed by atoms with van der Waals surface area (Å²) in [7, 11) is -3.71. The first-order valence-electron chi connectivity index (χ1n) is 10.3. The number of carbonyl (C=O) groups is 1. The molecule has 1 N–H and O–H groups in total. The summed E-state index contributed by atoms with van der Waals surface area (Å²) in [5, 5.41) is 6.69. The monoisotopic (exact) mass is 439 g/mol. The van der Waals surface area contributed by atoms with Crippen LogP contribution in [0.15, 0.2) is 51.9 Å². The first-order chi connectivity index (χ1) is 14.8. The third-order valence-electron chi connectivity index (χ3n) is 5.58. The van der Waals surface area contributed by atoms with Crippen LogP contribution in [0, 0.1) is 6.92 Å². The Morgan fingerprint density at radius 3 is 2.65 bits per heavy atom. The first kappa shape index (κ1) is 21.3. The molecule has 0 radical (unpaired) electrons. The number of sulfonamides is 1. The van der Waals surface area contributed by atoms with Gasteiger partial charge in [0.1, 0.15) is 0 Å². The van der Waals surface area contributed by atoms with Crippen LogP contribution in [0.25, 0.3) is 11.1 Å². The van der Waals surface area contributed by atoms with Crippen LogP contribution in [0.1, 0.15) is 36.2 Å². The Hall–Kier alpha value is -2.97. The fraction of sp³-hybridized carbons (Fsp3) is 0.304. The number of fused-ring (bicyclic) bond motifs is 1. The number of anilines is 1. The van der Waals surface area contributed by atoms with E-state index < -0.39 is 10.0 Å². The van der Waals surface area contributed by atoms with Gasteiger partial charge in [-0.25, -0.2) is 8.42 Å². The van der Waals surface area contributed by atoms with Crippen LogP contribution < -0.4 is 5.32 Å². The van der Waals surface area contributed by atoms with Crippen molar-refractivity contribution >= 4 is 21.8 Å². The van der Waals surface area contributed by atoms with Gasteiger partial charge in [0.25, 0.3) is 0 Å². The van der Waals surface area contributed by atoms with E-state index in [4.69, 9.17) is 4.52 Å². The van der Waals surface area contributed by atoms with Gasteiger partial charge in [-0.3, -0.25) is 10.1 Å². The number of aromatic nitrogens is 1. The second-order valence-corrected chi connectivity index (χ2v) is 9.61. The Morgan fingerprint density at radius 2 is 1.94 bits per heavy atom. The molecule has 0 aliphatic carbocycles. The summed E-state index contributed by atoms with van der Waals surface area (Å²) < 4.78 is 34.0. The Balaban J connectivity index is 1.76. The van der Waals surface area contributed by atoms with Crippen LogP contribution in [0.3, 0.4) is 0 Å². The van der Waals surface area contributed by atoms with Crippen molar-refractivity contribution in [3.8, 4) is 11.1 Å². The van der Waals surface area contributed by atoms with Gasteiger partial charge in [-0.15, -0.1) is 0 Å². The fourth-order valence-corrected chi connectivity index (χ4v) is 5.62. The molecule has 2 heterocycles. The molecule has 8 heteroatoms. The number of hydrogen-bond acceptors (Lipinski definition) is 5. The van der Waals surface area contributed by atoms with E-state index in [1.165, 1.54) is 16.8 Å². The highest BCUT2D eigenvalue weighted by molar-refractivity contribution is 7.89. The molecule has 3 aromatic rings. The van der Waals surface area contributed by atoms with Gasteiger partial charge in [0.05, 0.1) is 16.2 Å². The molecular formula is C23H25N3O4S. The molecule has 4 rings (SSSR count). The molecule has 0 unspecified atom stereocenters. The number of nitrogens with one attached hydrogen (secondary N) is 1. The van der Waals surface area contributed by atoms with E-state index in [0.717, 1.165) is 5.56 Å². The smallest absolute Gasteiger partial charge is 0.243 e. The van der Waals surface area contributed by atoms with Crippen molar-refractivity contribution in [3.05, 3.63) is 64.8 Å². The maximum atomic E-state index is 13.6. The van der Waals surface area contributed by atoms with Crippen molar-refractivity contribution in [2.45, 2.75) is 45.1 Å². The first-order valence-corrected chi connectivity index (χ1v) is 11.7. The van der Waals surface area contributed by atoms with Crippen molar-refractivity contribution in [3.63, 3.8) is 0 Å². The fourth-order valence-electron chi connectivity index (χ4n) is 3.95. The van der Waals surface area contributed by atoms with Crippen molar-refractivity contribution < 1.29 is 17.7 Å². The number of benzene rings is 2. The summed E-state index contributed by atoms with van der Waals surface area (Å²) in [5.41, 5.74) is 4.80. The highest BCUT2D eigenvalue weighted by atomic mass is 32.2. The molecule has 1 amide bonds. The van der Waals surface area contributed by atoms with E-state index in [1.807, 2.05) is 37.3 Å². The molecule has 1 aromatic heterocycles. The van der Waals surface area contributed by atoms with Crippen LogP contribution in [-0.2, 0) is 34.2 Å². The van der Waals surface area contributed by atoms with Crippen molar-refractivity contribution in [1.82, 2.24) is 9.46 Å². The van der Waals surface area contributed by atoms with Gasteiger partial charge in [0.2, 0.25) is 21.8 Å². The number of nitrogens with zero attached hydrogens (tertiary/aromatic N) is 2. The molecule has 7 nitrogen and oxygen atoms in total. The average molecular weight is 440 g/mol. The quantitative estimate of drug-likeness (QED) is 0.651. The van der Waals surface area contributed by atoms with E-state index in [0.29, 0.717) is 48.3 Å². The molecule has 0 fully saturated rings. The van der Waals surface area contributed by atoms with Gasteiger partial charge in [0, 0.05) is 20.0 Å². The molecular weight excluding hydrogens is 414 g/mol. The summed E-state index contributed by atoms with van der Waals surface area (Å²) in [5.74, 6) is -0.0598. The Kier molecular flexibility index (Phi) is 5.68. The number of amides is 1. The van der Waals surface area contributed by atoms with E-state index in [1.54, 1.807) is 19.1 Å². The molecule has 0 spiro atoms. The van der Waals surface area contributed by atoms with Gasteiger partial charge >= 0.3 is 0 Å². The maximum absolute atomic E-state index is 13.6. The summed E-state index contributed by atoms with van der Waals surface area (Å²) in [6.07, 6.45) is 1.27. The number of rotatable bonds is 5. The zero-order valence-electron chi connectivity index (χ0n) is 17.8. The SMILES string of the molecule is CCc1noc(NC(C)=O)c1-c1ccc(C)c(S(=O)(=O)N2CCc3ccccc3C2)c1. The summed E-state index contributed by atoms with van der Waals surface area (Å²) in [4.78, 5) is 11.8. The molecule has 2 aromatic carbocycles. The Morgan fingerprint density at radius 1 is 1.19 bits per heavy atom. The third kappa shape index (κ3) is 4.00. The van der Waals surface area contributed by atoms with Crippen molar-refractivity contribution in [2.75, 3.05) is 11.9 Å². The third-order valence-corrected chi connectivity index (χ3v) is 7.56. The van der Waals surface area contributed by atoms with Crippen molar-refractivity contribution in [2.24, 2.45) is 0 Å². The molecule has 162 valence electrons. The van der Waals surface area contributed by atoms with Crippen LogP contribution >= 0.6 is 0 Å². The van der Waals surface area contributed by atoms with Gasteiger partial charge in [-0.1, -0.05) is 48.5 Å². The van der Waals surface area contributed by atoms with Gasteiger partial charge in [0.15, 0.2) is 0 Å². The number of hydrogen-bond donors (Lipinski definition) is 1. The van der Waals surface area contributed by atoms with E-state index in [2.05, 4.69) is 10.5 Å². The minimum absolute atomic E-state index is 0.225. The summed E-state index contributed by atoms with van der Waals surface area (Å²) in [6.45, 7) is 5.89. The van der Waals surface area contributed by atoms with Crippen LogP contribution in [0.2, 0.25) is 0 Å². The van der Waals surface area contributed by atoms with E-state index >= 15 is 0 Å². The second kappa shape index (κ2) is 8.28. The second-order valence-electron chi connectivity index (χ2n) is 7.71. The normalized spacial score (nSPS) is 14.3. The molecule has 0 saturated heterocycles. The lowest BCUT2D eigenvalue weighted by Gasteiger charge is -2.28. The minimum Gasteiger partial charge on any atom is -0.337 e. The van der Waals surface area contributed by atoms with Gasteiger partial charge in [-0.2, -0.15) is 4.31 Å². The lowest BCUT2D eigenvalue weighted by atomic mass is 10.0. The minimum atomic E-state index is -3.71. The molecule has 0 bridgehead atoms. The zero-order chi connectivity index (χ0) is 22.2. The molecule has 0 atom stereocenters. The van der Waals surface area contributed by atoms with Crippen LogP contribution in [-0.4, -0.2) is 30.3 Å². The van der Waals surface area contributed by atoms with Crippen LogP contribution in [0.4, 0.5) is 5.88 Å². The van der Waals surface area contributed by atoms with E-state index in [9.17, 15) is 13.2 Å². The van der Waals surface area contributed by atoms with E-state index in [-0.39, 0.29) is 16.7 Å². The predicted molar refractivity (Wildman–Crippen MR) is 118 cm³/mol. The Bertz CT molecular complexity index is 1250. The lowest BCUT2D eigenvalue weighted by Crippen LogP contribution is -2.36. The molecule has 1 aliphatic heterocycles. The van der Waals surface area contributed by atoms with Gasteiger partial charge < -0.3 is 4.52 Å². The number of aryl methyl sites for hydroxylation is 2. The van der Waals surface area contributed by atoms with Gasteiger partial charge in [-0.05, 0) is 48.1 Å². The standard InChI is InChI=1S/C23H25N3O4S/c1-4-20-22(23(30-25-20)24-16(3)27)18-10-9-15(2)21(13-18)31(28,29)26-12-11-17-7-5-6-8-19(17)14-26/h5-10,13H,4,11-12,14H2,1-3H3,(H,24,27).